The molecule has 0 aromatic heterocycles. The zero-order valence-electron chi connectivity index (χ0n) is 9.71. The van der Waals surface area contributed by atoms with Crippen LogP contribution in [0.1, 0.15) is 24.0 Å². The van der Waals surface area contributed by atoms with Crippen LogP contribution in [0.25, 0.3) is 0 Å². The number of hydrogen-bond donors (Lipinski definition) is 0. The van der Waals surface area contributed by atoms with E-state index in [4.69, 9.17) is 5.26 Å². The van der Waals surface area contributed by atoms with E-state index in [-0.39, 0.29) is 12.8 Å². The molecule has 0 N–H and O–H groups in total. The van der Waals surface area contributed by atoms with Crippen molar-refractivity contribution in [3.63, 3.8) is 0 Å². The number of alkyl halides is 2. The van der Waals surface area contributed by atoms with Gasteiger partial charge in [-0.25, -0.2) is 8.78 Å². The first kappa shape index (κ1) is 11.8. The topological polar surface area (TPSA) is 27.0 Å². The fraction of sp³-hybridized carbons (Fsp3) is 0.462. The Morgan fingerprint density at radius 2 is 1.94 bits per heavy atom. The van der Waals surface area contributed by atoms with Crippen molar-refractivity contribution in [3.05, 3.63) is 29.3 Å². The van der Waals surface area contributed by atoms with E-state index in [0.717, 1.165) is 11.3 Å². The lowest BCUT2D eigenvalue weighted by Gasteiger charge is -2.33. The second-order valence-corrected chi connectivity index (χ2v) is 4.48. The highest BCUT2D eigenvalue weighted by Crippen LogP contribution is 2.31. The van der Waals surface area contributed by atoms with E-state index in [1.807, 2.05) is 24.0 Å². The minimum atomic E-state index is -2.55. The highest BCUT2D eigenvalue weighted by atomic mass is 19.3. The summed E-state index contributed by atoms with van der Waals surface area (Å²) < 4.78 is 26.1. The van der Waals surface area contributed by atoms with Gasteiger partial charge in [-0.05, 0) is 24.6 Å². The Bertz CT molecular complexity index is 453. The Morgan fingerprint density at radius 3 is 2.53 bits per heavy atom. The average Bonchev–Trinajstić information content (AvgIpc) is 2.29. The summed E-state index contributed by atoms with van der Waals surface area (Å²) in [6, 6.07) is 7.67. The summed E-state index contributed by atoms with van der Waals surface area (Å²) in [7, 11) is 0. The van der Waals surface area contributed by atoms with E-state index in [1.165, 1.54) is 0 Å². The van der Waals surface area contributed by atoms with Crippen LogP contribution in [0, 0.1) is 18.3 Å². The molecule has 2 rings (SSSR count). The van der Waals surface area contributed by atoms with Gasteiger partial charge in [0.15, 0.2) is 0 Å². The van der Waals surface area contributed by atoms with Crippen molar-refractivity contribution < 1.29 is 8.78 Å². The fourth-order valence-electron chi connectivity index (χ4n) is 2.09. The molecule has 1 saturated heterocycles. The number of rotatable bonds is 1. The zero-order chi connectivity index (χ0) is 12.5. The monoisotopic (exact) mass is 236 g/mol. The molecule has 17 heavy (non-hydrogen) atoms. The maximum Gasteiger partial charge on any atom is 0.251 e. The van der Waals surface area contributed by atoms with Crippen molar-refractivity contribution in [2.45, 2.75) is 25.7 Å². The lowest BCUT2D eigenvalue weighted by atomic mass is 10.0. The van der Waals surface area contributed by atoms with Crippen molar-refractivity contribution in [2.24, 2.45) is 0 Å². The van der Waals surface area contributed by atoms with E-state index in [9.17, 15) is 8.78 Å². The van der Waals surface area contributed by atoms with Crippen LogP contribution >= 0.6 is 0 Å². The Hall–Kier alpha value is -1.63. The predicted molar refractivity (Wildman–Crippen MR) is 62.3 cm³/mol. The summed E-state index contributed by atoms with van der Waals surface area (Å²) >= 11 is 0. The van der Waals surface area contributed by atoms with Crippen molar-refractivity contribution in [3.8, 4) is 6.07 Å². The van der Waals surface area contributed by atoms with Crippen molar-refractivity contribution in [2.75, 3.05) is 18.0 Å². The number of anilines is 1. The molecule has 0 aliphatic carbocycles. The highest BCUT2D eigenvalue weighted by Gasteiger charge is 2.34. The quantitative estimate of drug-likeness (QED) is 0.749. The third-order valence-corrected chi connectivity index (χ3v) is 3.11. The lowest BCUT2D eigenvalue weighted by Crippen LogP contribution is -2.39. The molecule has 1 aliphatic rings. The molecule has 1 fully saturated rings. The number of halogens is 2. The summed E-state index contributed by atoms with van der Waals surface area (Å²) in [5.74, 6) is -2.55. The number of nitriles is 1. The molecule has 0 atom stereocenters. The molecule has 1 heterocycles. The number of hydrogen-bond acceptors (Lipinski definition) is 2. The normalized spacial score (nSPS) is 18.8. The van der Waals surface area contributed by atoms with Crippen LogP contribution in [0.15, 0.2) is 18.2 Å². The molecule has 90 valence electrons. The van der Waals surface area contributed by atoms with Crippen LogP contribution in [0.3, 0.4) is 0 Å². The molecule has 0 bridgehead atoms. The Labute approximate surface area is 99.5 Å². The molecule has 1 aromatic carbocycles. The maximum absolute atomic E-state index is 13.0. The van der Waals surface area contributed by atoms with Gasteiger partial charge in [0.25, 0.3) is 5.92 Å². The van der Waals surface area contributed by atoms with Crippen LogP contribution in [0.5, 0.6) is 0 Å². The summed E-state index contributed by atoms with van der Waals surface area (Å²) in [4.78, 5) is 1.87. The average molecular weight is 236 g/mol. The van der Waals surface area contributed by atoms with Gasteiger partial charge in [0.1, 0.15) is 6.07 Å². The number of aryl methyl sites for hydroxylation is 1. The van der Waals surface area contributed by atoms with Crippen molar-refractivity contribution in [1.82, 2.24) is 0 Å². The molecule has 4 heteroatoms. The van der Waals surface area contributed by atoms with Crippen molar-refractivity contribution in [1.29, 1.82) is 5.26 Å². The van der Waals surface area contributed by atoms with E-state index in [2.05, 4.69) is 6.07 Å². The summed E-state index contributed by atoms with van der Waals surface area (Å²) in [5, 5.41) is 9.05. The van der Waals surface area contributed by atoms with Crippen LogP contribution < -0.4 is 4.90 Å². The minimum Gasteiger partial charge on any atom is -0.370 e. The first-order chi connectivity index (χ1) is 8.02. The number of piperidine rings is 1. The molecule has 1 aliphatic heterocycles. The molecule has 1 aromatic rings. The van der Waals surface area contributed by atoms with Gasteiger partial charge in [-0.1, -0.05) is 6.07 Å². The van der Waals surface area contributed by atoms with Gasteiger partial charge in [0, 0.05) is 25.9 Å². The van der Waals surface area contributed by atoms with Crippen LogP contribution in [0.2, 0.25) is 0 Å². The maximum atomic E-state index is 13.0. The molecule has 0 radical (unpaired) electrons. The Balaban J connectivity index is 2.22. The van der Waals surface area contributed by atoms with Gasteiger partial charge in [0.05, 0.1) is 11.3 Å². The molecular formula is C13H14F2N2. The van der Waals surface area contributed by atoms with Gasteiger partial charge in [-0.3, -0.25) is 0 Å². The van der Waals surface area contributed by atoms with Gasteiger partial charge in [-0.2, -0.15) is 5.26 Å². The van der Waals surface area contributed by atoms with E-state index in [0.29, 0.717) is 18.7 Å². The lowest BCUT2D eigenvalue weighted by molar-refractivity contribution is -0.0220. The largest absolute Gasteiger partial charge is 0.370 e. The first-order valence-electron chi connectivity index (χ1n) is 5.65. The third kappa shape index (κ3) is 2.55. The third-order valence-electron chi connectivity index (χ3n) is 3.11. The Morgan fingerprint density at radius 1 is 1.29 bits per heavy atom. The van der Waals surface area contributed by atoms with Gasteiger partial charge >= 0.3 is 0 Å². The van der Waals surface area contributed by atoms with Gasteiger partial charge < -0.3 is 4.90 Å². The number of benzene rings is 1. The standard InChI is InChI=1S/C13H14F2N2/c1-10-2-3-12(11(8-10)9-16)17-6-4-13(14,15)5-7-17/h2-3,8H,4-7H2,1H3. The molecule has 0 saturated carbocycles. The summed E-state index contributed by atoms with van der Waals surface area (Å²) in [6.07, 6.45) is -0.266. The minimum absolute atomic E-state index is 0.133. The van der Waals surface area contributed by atoms with E-state index in [1.54, 1.807) is 6.07 Å². The van der Waals surface area contributed by atoms with Crippen LogP contribution in [-0.4, -0.2) is 19.0 Å². The fourth-order valence-corrected chi connectivity index (χ4v) is 2.09. The molecular weight excluding hydrogens is 222 g/mol. The molecule has 2 nitrogen and oxygen atoms in total. The van der Waals surface area contributed by atoms with Crippen molar-refractivity contribution >= 4 is 5.69 Å². The molecule has 0 amide bonds. The smallest absolute Gasteiger partial charge is 0.251 e. The Kier molecular flexibility index (Phi) is 3.01. The molecule has 0 unspecified atom stereocenters. The molecule has 0 spiro atoms. The first-order valence-corrected chi connectivity index (χ1v) is 5.65. The second-order valence-electron chi connectivity index (χ2n) is 4.48. The van der Waals surface area contributed by atoms with E-state index >= 15 is 0 Å². The summed E-state index contributed by atoms with van der Waals surface area (Å²) in [6.45, 7) is 2.53. The van der Waals surface area contributed by atoms with Gasteiger partial charge in [-0.15, -0.1) is 0 Å². The second kappa shape index (κ2) is 4.33. The SMILES string of the molecule is Cc1ccc(N2CCC(F)(F)CC2)c(C#N)c1. The highest BCUT2D eigenvalue weighted by molar-refractivity contribution is 5.60. The van der Waals surface area contributed by atoms with Crippen LogP contribution in [0.4, 0.5) is 14.5 Å². The van der Waals surface area contributed by atoms with Gasteiger partial charge in [0.2, 0.25) is 0 Å². The summed E-state index contributed by atoms with van der Waals surface area (Å²) in [5.41, 5.74) is 2.34. The predicted octanol–water partition coefficient (Wildman–Crippen LogP) is 3.10. The zero-order valence-corrected chi connectivity index (χ0v) is 9.71. The van der Waals surface area contributed by atoms with E-state index < -0.39 is 5.92 Å². The van der Waals surface area contributed by atoms with Crippen LogP contribution in [-0.2, 0) is 0 Å². The number of nitrogens with zero attached hydrogens (tertiary/aromatic N) is 2.